The van der Waals surface area contributed by atoms with Gasteiger partial charge in [0.25, 0.3) is 0 Å². The fourth-order valence-electron chi connectivity index (χ4n) is 1.45. The molecule has 0 N–H and O–H groups in total. The van der Waals surface area contributed by atoms with Crippen molar-refractivity contribution >= 4 is 11.9 Å². The molecule has 3 heteroatoms. The van der Waals surface area contributed by atoms with Crippen LogP contribution in [0.5, 0.6) is 0 Å². The molecule has 0 aromatic carbocycles. The molecule has 0 aromatic rings. The molecule has 1 aliphatic rings. The molecule has 1 rings (SSSR count). The number of hydrogen-bond donors (Lipinski definition) is 0. The summed E-state index contributed by atoms with van der Waals surface area (Å²) in [4.78, 5) is 22.1. The predicted molar refractivity (Wildman–Crippen MR) is 47.8 cm³/mol. The second kappa shape index (κ2) is 4.21. The van der Waals surface area contributed by atoms with Crippen LogP contribution in [0.15, 0.2) is 12.2 Å². The molecule has 0 aliphatic carbocycles. The van der Waals surface area contributed by atoms with Gasteiger partial charge in [0.1, 0.15) is 0 Å². The Hall–Kier alpha value is -1.12. The minimum absolute atomic E-state index is 0.233. The fourth-order valence-corrected chi connectivity index (χ4v) is 1.45. The first kappa shape index (κ1) is 9.96. The molecule has 0 saturated carbocycles. The molecule has 3 nitrogen and oxygen atoms in total. The van der Waals surface area contributed by atoms with E-state index in [1.807, 2.05) is 19.1 Å². The molecule has 2 atom stereocenters. The Kier molecular flexibility index (Phi) is 3.23. The van der Waals surface area contributed by atoms with Crippen LogP contribution in [0.3, 0.4) is 0 Å². The topological polar surface area (TPSA) is 43.4 Å². The first-order valence-electron chi connectivity index (χ1n) is 4.53. The van der Waals surface area contributed by atoms with E-state index in [0.29, 0.717) is 6.42 Å². The lowest BCUT2D eigenvalue weighted by Gasteiger charge is -2.05. The van der Waals surface area contributed by atoms with Crippen LogP contribution in [0.1, 0.15) is 26.7 Å². The zero-order chi connectivity index (χ0) is 9.84. The van der Waals surface area contributed by atoms with Crippen molar-refractivity contribution in [1.82, 2.24) is 0 Å². The highest BCUT2D eigenvalue weighted by molar-refractivity contribution is 5.96. The summed E-state index contributed by atoms with van der Waals surface area (Å²) in [5.41, 5.74) is 0. The second-order valence-corrected chi connectivity index (χ2v) is 3.28. The van der Waals surface area contributed by atoms with Crippen LogP contribution >= 0.6 is 0 Å². The van der Waals surface area contributed by atoms with E-state index in [-0.39, 0.29) is 23.8 Å². The van der Waals surface area contributed by atoms with E-state index in [0.717, 1.165) is 6.42 Å². The molecule has 0 spiro atoms. The van der Waals surface area contributed by atoms with Crippen LogP contribution in [-0.2, 0) is 14.3 Å². The third kappa shape index (κ3) is 2.17. The summed E-state index contributed by atoms with van der Waals surface area (Å²) in [5, 5.41) is 0. The average Bonchev–Trinajstić information content (AvgIpc) is 2.32. The van der Waals surface area contributed by atoms with Gasteiger partial charge in [-0.05, 0) is 19.8 Å². The van der Waals surface area contributed by atoms with Gasteiger partial charge in [-0.25, -0.2) is 0 Å². The van der Waals surface area contributed by atoms with Gasteiger partial charge in [0.05, 0.1) is 11.8 Å². The fraction of sp³-hybridized carbons (Fsp3) is 0.600. The molecular weight excluding hydrogens is 168 g/mol. The van der Waals surface area contributed by atoms with Crippen molar-refractivity contribution in [2.75, 3.05) is 0 Å². The normalized spacial score (nSPS) is 28.5. The molecule has 0 bridgehead atoms. The van der Waals surface area contributed by atoms with Crippen LogP contribution in [0.25, 0.3) is 0 Å². The van der Waals surface area contributed by atoms with E-state index in [1.165, 1.54) is 0 Å². The van der Waals surface area contributed by atoms with Crippen molar-refractivity contribution in [1.29, 1.82) is 0 Å². The van der Waals surface area contributed by atoms with E-state index >= 15 is 0 Å². The zero-order valence-electron chi connectivity index (χ0n) is 7.95. The lowest BCUT2D eigenvalue weighted by atomic mass is 9.92. The van der Waals surface area contributed by atoms with Gasteiger partial charge >= 0.3 is 11.9 Å². The van der Waals surface area contributed by atoms with E-state index in [9.17, 15) is 9.59 Å². The van der Waals surface area contributed by atoms with Crippen LogP contribution in [-0.4, -0.2) is 11.9 Å². The van der Waals surface area contributed by atoms with Gasteiger partial charge in [-0.1, -0.05) is 19.1 Å². The van der Waals surface area contributed by atoms with Gasteiger partial charge < -0.3 is 4.74 Å². The van der Waals surface area contributed by atoms with Crippen molar-refractivity contribution in [3.8, 4) is 0 Å². The molecular formula is C10H14O3. The van der Waals surface area contributed by atoms with Crippen molar-refractivity contribution < 1.29 is 14.3 Å². The second-order valence-electron chi connectivity index (χ2n) is 3.28. The maximum atomic E-state index is 11.1. The Morgan fingerprint density at radius 3 is 2.54 bits per heavy atom. The van der Waals surface area contributed by atoms with Crippen LogP contribution in [0.4, 0.5) is 0 Å². The zero-order valence-corrected chi connectivity index (χ0v) is 7.95. The number of allylic oxidation sites excluding steroid dienone is 2. The van der Waals surface area contributed by atoms with Crippen LogP contribution < -0.4 is 0 Å². The molecule has 0 aromatic heterocycles. The van der Waals surface area contributed by atoms with Gasteiger partial charge in [-0.15, -0.1) is 0 Å². The molecule has 2 unspecified atom stereocenters. The number of carbonyl (C=O) groups is 2. The highest BCUT2D eigenvalue weighted by Crippen LogP contribution is 2.27. The third-order valence-corrected chi connectivity index (χ3v) is 2.36. The highest BCUT2D eigenvalue weighted by Gasteiger charge is 2.40. The SMILES string of the molecule is C/C=C/CCC1C(=O)OC(=O)C1C. The van der Waals surface area contributed by atoms with Gasteiger partial charge in [-0.3, -0.25) is 9.59 Å². The number of esters is 2. The highest BCUT2D eigenvalue weighted by atomic mass is 16.6. The van der Waals surface area contributed by atoms with Crippen molar-refractivity contribution in [2.45, 2.75) is 26.7 Å². The Morgan fingerprint density at radius 1 is 1.38 bits per heavy atom. The lowest BCUT2D eigenvalue weighted by Crippen LogP contribution is -2.14. The van der Waals surface area contributed by atoms with Crippen molar-refractivity contribution in [2.24, 2.45) is 11.8 Å². The summed E-state index contributed by atoms with van der Waals surface area (Å²) in [5.74, 6) is -1.24. The summed E-state index contributed by atoms with van der Waals surface area (Å²) >= 11 is 0. The van der Waals surface area contributed by atoms with Gasteiger partial charge in [-0.2, -0.15) is 0 Å². The predicted octanol–water partition coefficient (Wildman–Crippen LogP) is 1.68. The summed E-state index contributed by atoms with van der Waals surface area (Å²) in [6, 6.07) is 0. The van der Waals surface area contributed by atoms with Crippen LogP contribution in [0, 0.1) is 11.8 Å². The molecule has 1 saturated heterocycles. The molecule has 1 aliphatic heterocycles. The van der Waals surface area contributed by atoms with Crippen molar-refractivity contribution in [3.05, 3.63) is 12.2 Å². The number of hydrogen-bond acceptors (Lipinski definition) is 3. The van der Waals surface area contributed by atoms with Crippen LogP contribution in [0.2, 0.25) is 0 Å². The van der Waals surface area contributed by atoms with E-state index in [1.54, 1.807) is 6.92 Å². The van der Waals surface area contributed by atoms with Gasteiger partial charge in [0, 0.05) is 0 Å². The largest absolute Gasteiger partial charge is 0.393 e. The number of ether oxygens (including phenoxy) is 1. The summed E-state index contributed by atoms with van der Waals surface area (Å²) in [6.07, 6.45) is 5.46. The van der Waals surface area contributed by atoms with Gasteiger partial charge in [0.15, 0.2) is 0 Å². The van der Waals surface area contributed by atoms with E-state index in [4.69, 9.17) is 0 Å². The quantitative estimate of drug-likeness (QED) is 0.379. The maximum absolute atomic E-state index is 11.1. The monoisotopic (exact) mass is 182 g/mol. The number of rotatable bonds is 3. The first-order chi connectivity index (χ1) is 6.16. The lowest BCUT2D eigenvalue weighted by molar-refractivity contribution is -0.153. The van der Waals surface area contributed by atoms with Crippen molar-refractivity contribution in [3.63, 3.8) is 0 Å². The molecule has 0 radical (unpaired) electrons. The minimum Gasteiger partial charge on any atom is -0.393 e. The molecule has 1 heterocycles. The first-order valence-corrected chi connectivity index (χ1v) is 4.53. The summed E-state index contributed by atoms with van der Waals surface area (Å²) < 4.78 is 4.51. The summed E-state index contributed by atoms with van der Waals surface area (Å²) in [7, 11) is 0. The Bertz CT molecular complexity index is 243. The smallest absolute Gasteiger partial charge is 0.317 e. The standard InChI is InChI=1S/C10H14O3/c1-3-4-5-6-8-7(2)9(11)13-10(8)12/h3-4,7-8H,5-6H2,1-2H3/b4-3+. The summed E-state index contributed by atoms with van der Waals surface area (Å²) in [6.45, 7) is 3.68. The molecule has 13 heavy (non-hydrogen) atoms. The molecule has 72 valence electrons. The number of cyclic esters (lactones) is 2. The Labute approximate surface area is 77.8 Å². The Balaban J connectivity index is 2.49. The Morgan fingerprint density at radius 2 is 2.08 bits per heavy atom. The maximum Gasteiger partial charge on any atom is 0.317 e. The third-order valence-electron chi connectivity index (χ3n) is 2.36. The minimum atomic E-state index is -0.379. The van der Waals surface area contributed by atoms with E-state index in [2.05, 4.69) is 4.74 Å². The molecule has 1 fully saturated rings. The number of carbonyl (C=O) groups excluding carboxylic acids is 2. The van der Waals surface area contributed by atoms with Gasteiger partial charge in [0.2, 0.25) is 0 Å². The molecule has 0 amide bonds. The van der Waals surface area contributed by atoms with E-state index < -0.39 is 0 Å². The average molecular weight is 182 g/mol.